The number of allylic oxidation sites excluding steroid dienone is 1. The molecule has 26 heavy (non-hydrogen) atoms. The summed E-state index contributed by atoms with van der Waals surface area (Å²) in [6.45, 7) is 1.79. The molecule has 10 heteroatoms. The van der Waals surface area contributed by atoms with Crippen LogP contribution in [-0.4, -0.2) is 39.6 Å². The highest BCUT2D eigenvalue weighted by Crippen LogP contribution is 2.35. The first-order valence-electron chi connectivity index (χ1n) is 7.56. The fraction of sp³-hybridized carbons (Fsp3) is 0.250. The van der Waals surface area contributed by atoms with Gasteiger partial charge in [-0.05, 0) is 48.9 Å². The first-order valence-corrected chi connectivity index (χ1v) is 9.18. The first-order chi connectivity index (χ1) is 12.3. The van der Waals surface area contributed by atoms with Gasteiger partial charge in [-0.2, -0.15) is 0 Å². The van der Waals surface area contributed by atoms with E-state index in [4.69, 9.17) is 23.8 Å². The lowest BCUT2D eigenvalue weighted by Gasteiger charge is -2.37. The molecule has 0 spiro atoms. The SMILES string of the molecule is CC1=C(C(=O)N(C)C)C(c2csnn2)NC(=S)N1c1ccc(F)c(Cl)c1. The van der Waals surface area contributed by atoms with Crippen LogP contribution in [0.5, 0.6) is 0 Å². The lowest BCUT2D eigenvalue weighted by atomic mass is 9.98. The topological polar surface area (TPSA) is 61.4 Å². The van der Waals surface area contributed by atoms with E-state index in [2.05, 4.69) is 14.9 Å². The molecule has 3 rings (SSSR count). The van der Waals surface area contributed by atoms with Crippen LogP contribution in [0.3, 0.4) is 0 Å². The number of nitrogens with one attached hydrogen (secondary N) is 1. The zero-order valence-corrected chi connectivity index (χ0v) is 16.5. The van der Waals surface area contributed by atoms with E-state index >= 15 is 0 Å². The molecular weight excluding hydrogens is 397 g/mol. The average molecular weight is 412 g/mol. The van der Waals surface area contributed by atoms with Crippen LogP contribution in [0.15, 0.2) is 34.8 Å². The van der Waals surface area contributed by atoms with Gasteiger partial charge in [0.2, 0.25) is 0 Å². The van der Waals surface area contributed by atoms with Gasteiger partial charge in [0.1, 0.15) is 17.6 Å². The number of carbonyl (C=O) groups is 1. The van der Waals surface area contributed by atoms with Crippen LogP contribution < -0.4 is 10.2 Å². The third-order valence-corrected chi connectivity index (χ3v) is 5.07. The molecule has 1 aromatic heterocycles. The van der Waals surface area contributed by atoms with Crippen LogP contribution in [0.25, 0.3) is 0 Å². The molecule has 0 saturated carbocycles. The van der Waals surface area contributed by atoms with Crippen molar-refractivity contribution in [3.8, 4) is 0 Å². The molecular formula is C16H15ClFN5OS2. The van der Waals surface area contributed by atoms with Crippen molar-refractivity contribution < 1.29 is 9.18 Å². The van der Waals surface area contributed by atoms with Gasteiger partial charge < -0.3 is 10.2 Å². The molecule has 2 aromatic rings. The highest BCUT2D eigenvalue weighted by molar-refractivity contribution is 7.80. The van der Waals surface area contributed by atoms with Crippen molar-refractivity contribution in [2.75, 3.05) is 19.0 Å². The second-order valence-electron chi connectivity index (χ2n) is 5.84. The predicted molar refractivity (Wildman–Crippen MR) is 104 cm³/mol. The third kappa shape index (κ3) is 3.29. The largest absolute Gasteiger partial charge is 0.349 e. The molecule has 1 atom stereocenters. The number of carbonyl (C=O) groups excluding carboxylic acids is 1. The van der Waals surface area contributed by atoms with E-state index < -0.39 is 11.9 Å². The van der Waals surface area contributed by atoms with Gasteiger partial charge in [-0.25, -0.2) is 4.39 Å². The number of aromatic nitrogens is 2. The van der Waals surface area contributed by atoms with Crippen molar-refractivity contribution in [1.29, 1.82) is 0 Å². The van der Waals surface area contributed by atoms with Crippen LogP contribution in [0, 0.1) is 5.82 Å². The number of nitrogens with zero attached hydrogens (tertiary/aromatic N) is 4. The molecule has 0 bridgehead atoms. The summed E-state index contributed by atoms with van der Waals surface area (Å²) in [7, 11) is 3.34. The fourth-order valence-electron chi connectivity index (χ4n) is 2.72. The summed E-state index contributed by atoms with van der Waals surface area (Å²) < 4.78 is 17.4. The van der Waals surface area contributed by atoms with Gasteiger partial charge in [-0.1, -0.05) is 16.1 Å². The summed E-state index contributed by atoms with van der Waals surface area (Å²) in [5, 5.41) is 9.31. The smallest absolute Gasteiger partial charge is 0.253 e. The number of thiocarbonyl (C=S) groups is 1. The summed E-state index contributed by atoms with van der Waals surface area (Å²) in [4.78, 5) is 16.0. The molecule has 0 radical (unpaired) electrons. The number of halogens is 2. The summed E-state index contributed by atoms with van der Waals surface area (Å²) in [6, 6.07) is 3.78. The Morgan fingerprint density at radius 2 is 2.19 bits per heavy atom. The minimum atomic E-state index is -0.524. The second kappa shape index (κ2) is 7.26. The highest BCUT2D eigenvalue weighted by Gasteiger charge is 2.36. The summed E-state index contributed by atoms with van der Waals surface area (Å²) in [5.41, 5.74) is 2.27. The fourth-order valence-corrected chi connectivity index (χ4v) is 3.73. The van der Waals surface area contributed by atoms with Crippen LogP contribution in [0.4, 0.5) is 10.1 Å². The van der Waals surface area contributed by atoms with Crippen molar-refractivity contribution in [1.82, 2.24) is 19.8 Å². The van der Waals surface area contributed by atoms with Crippen molar-refractivity contribution >= 4 is 52.1 Å². The Morgan fingerprint density at radius 3 is 2.77 bits per heavy atom. The van der Waals surface area contributed by atoms with Gasteiger partial charge in [-0.15, -0.1) is 5.10 Å². The second-order valence-corrected chi connectivity index (χ2v) is 7.25. The minimum absolute atomic E-state index is 0.0237. The molecule has 0 fully saturated rings. The van der Waals surface area contributed by atoms with E-state index in [1.54, 1.807) is 37.4 Å². The van der Waals surface area contributed by atoms with Crippen molar-refractivity contribution in [2.24, 2.45) is 0 Å². The van der Waals surface area contributed by atoms with Gasteiger partial charge in [0.15, 0.2) is 5.11 Å². The summed E-state index contributed by atoms with van der Waals surface area (Å²) in [5.74, 6) is -0.710. The summed E-state index contributed by atoms with van der Waals surface area (Å²) in [6.07, 6.45) is 0. The maximum atomic E-state index is 13.5. The van der Waals surface area contributed by atoms with Crippen LogP contribution in [-0.2, 0) is 4.79 Å². The molecule has 1 N–H and O–H groups in total. The number of hydrogen-bond donors (Lipinski definition) is 1. The molecule has 1 amide bonds. The van der Waals surface area contributed by atoms with Crippen LogP contribution >= 0.6 is 35.4 Å². The van der Waals surface area contributed by atoms with Gasteiger partial charge in [0.25, 0.3) is 5.91 Å². The van der Waals surface area contributed by atoms with E-state index in [-0.39, 0.29) is 10.9 Å². The van der Waals surface area contributed by atoms with Gasteiger partial charge >= 0.3 is 0 Å². The molecule has 2 heterocycles. The van der Waals surface area contributed by atoms with Gasteiger partial charge in [0.05, 0.1) is 10.6 Å². The quantitative estimate of drug-likeness (QED) is 0.783. The molecule has 136 valence electrons. The molecule has 1 aliphatic rings. The zero-order chi connectivity index (χ0) is 19.0. The molecule has 6 nitrogen and oxygen atoms in total. The van der Waals surface area contributed by atoms with E-state index in [9.17, 15) is 9.18 Å². The molecule has 1 unspecified atom stereocenters. The van der Waals surface area contributed by atoms with Crippen molar-refractivity contribution in [3.05, 3.63) is 51.4 Å². The molecule has 0 aliphatic carbocycles. The minimum Gasteiger partial charge on any atom is -0.349 e. The van der Waals surface area contributed by atoms with Gasteiger partial charge in [-0.3, -0.25) is 9.69 Å². The summed E-state index contributed by atoms with van der Waals surface area (Å²) >= 11 is 12.6. The monoisotopic (exact) mass is 411 g/mol. The van der Waals surface area contributed by atoms with Crippen LogP contribution in [0.2, 0.25) is 5.02 Å². The third-order valence-electron chi connectivity index (χ3n) is 3.96. The molecule has 1 aliphatic heterocycles. The lowest BCUT2D eigenvalue weighted by molar-refractivity contribution is -0.125. The maximum absolute atomic E-state index is 13.5. The Hall–Kier alpha value is -2.10. The Balaban J connectivity index is 2.16. The Morgan fingerprint density at radius 1 is 1.46 bits per heavy atom. The maximum Gasteiger partial charge on any atom is 0.253 e. The van der Waals surface area contributed by atoms with E-state index in [0.29, 0.717) is 27.8 Å². The van der Waals surface area contributed by atoms with Crippen molar-refractivity contribution in [3.63, 3.8) is 0 Å². The number of benzene rings is 1. The first kappa shape index (κ1) is 18.7. The Labute approximate surface area is 164 Å². The number of hydrogen-bond acceptors (Lipinski definition) is 5. The Kier molecular flexibility index (Phi) is 5.22. The zero-order valence-electron chi connectivity index (χ0n) is 14.2. The predicted octanol–water partition coefficient (Wildman–Crippen LogP) is 3.13. The highest BCUT2D eigenvalue weighted by atomic mass is 35.5. The number of rotatable bonds is 3. The average Bonchev–Trinajstić information content (AvgIpc) is 3.11. The van der Waals surface area contributed by atoms with Crippen molar-refractivity contribution in [2.45, 2.75) is 13.0 Å². The number of likely N-dealkylation sites (N-methyl/N-ethyl adjacent to an activating group) is 1. The van der Waals surface area contributed by atoms with E-state index in [1.807, 2.05) is 0 Å². The lowest BCUT2D eigenvalue weighted by Crippen LogP contribution is -2.49. The van der Waals surface area contributed by atoms with E-state index in [0.717, 1.165) is 0 Å². The molecule has 1 aromatic carbocycles. The number of amides is 1. The van der Waals surface area contributed by atoms with Crippen LogP contribution in [0.1, 0.15) is 18.7 Å². The van der Waals surface area contributed by atoms with E-state index in [1.165, 1.54) is 28.6 Å². The standard InChI is InChI=1S/C16H15ClFN5OS2/c1-8-13(15(24)22(2)3)14(12-7-26-21-20-12)19-16(25)23(8)9-4-5-11(18)10(17)6-9/h4-7,14H,1-3H3,(H,19,25). The van der Waals surface area contributed by atoms with Gasteiger partial charge in [0, 0.05) is 30.9 Å². The Bertz CT molecular complexity index is 900. The number of anilines is 1. The normalized spacial score (nSPS) is 17.3. The molecule has 0 saturated heterocycles.